The van der Waals surface area contributed by atoms with E-state index in [4.69, 9.17) is 5.11 Å². The zero-order valence-electron chi connectivity index (χ0n) is 11.5. The normalized spacial score (nSPS) is 15.1. The highest BCUT2D eigenvalue weighted by Crippen LogP contribution is 2.27. The van der Waals surface area contributed by atoms with Crippen LogP contribution in [0, 0.1) is 17.6 Å². The molecule has 0 unspecified atom stereocenters. The first-order valence-corrected chi connectivity index (χ1v) is 6.92. The standard InChI is InChI=1S/C15H17F2NO3/c16-12-6-5-10(7-13(12)17)8-18(9-14(19)20)15(21)11-3-1-2-4-11/h5-7,11H,1-4,8-9H2,(H,19,20). The van der Waals surface area contributed by atoms with E-state index >= 15 is 0 Å². The van der Waals surface area contributed by atoms with E-state index in [2.05, 4.69) is 0 Å². The van der Waals surface area contributed by atoms with Gasteiger partial charge in [0.25, 0.3) is 0 Å². The lowest BCUT2D eigenvalue weighted by molar-refractivity contribution is -0.146. The van der Waals surface area contributed by atoms with Crippen molar-refractivity contribution in [3.05, 3.63) is 35.4 Å². The molecule has 0 heterocycles. The Morgan fingerprint density at radius 3 is 2.43 bits per heavy atom. The number of aliphatic carboxylic acids is 1. The molecule has 6 heteroatoms. The maximum atomic E-state index is 13.2. The molecule has 1 aromatic carbocycles. The zero-order chi connectivity index (χ0) is 15.4. The number of benzene rings is 1. The van der Waals surface area contributed by atoms with Crippen molar-refractivity contribution < 1.29 is 23.5 Å². The van der Waals surface area contributed by atoms with E-state index in [0.29, 0.717) is 5.56 Å². The first-order valence-electron chi connectivity index (χ1n) is 6.92. The Morgan fingerprint density at radius 2 is 1.86 bits per heavy atom. The predicted octanol–water partition coefficient (Wildman–Crippen LogP) is 2.57. The summed E-state index contributed by atoms with van der Waals surface area (Å²) in [5, 5.41) is 8.92. The summed E-state index contributed by atoms with van der Waals surface area (Å²) >= 11 is 0. The average molecular weight is 297 g/mol. The second-order valence-corrected chi connectivity index (χ2v) is 5.32. The first kappa shape index (κ1) is 15.4. The molecule has 0 bridgehead atoms. The molecule has 1 aliphatic rings. The van der Waals surface area contributed by atoms with Gasteiger partial charge in [-0.3, -0.25) is 9.59 Å². The summed E-state index contributed by atoms with van der Waals surface area (Å²) in [7, 11) is 0. The number of carbonyl (C=O) groups excluding carboxylic acids is 1. The van der Waals surface area contributed by atoms with Gasteiger partial charge < -0.3 is 10.0 Å². The summed E-state index contributed by atoms with van der Waals surface area (Å²) in [5.74, 6) is -3.47. The van der Waals surface area contributed by atoms with Crippen molar-refractivity contribution in [1.82, 2.24) is 4.90 Å². The van der Waals surface area contributed by atoms with Crippen LogP contribution in [0.2, 0.25) is 0 Å². The number of nitrogens with zero attached hydrogens (tertiary/aromatic N) is 1. The number of amides is 1. The van der Waals surface area contributed by atoms with Crippen molar-refractivity contribution in [2.45, 2.75) is 32.2 Å². The smallest absolute Gasteiger partial charge is 0.323 e. The minimum Gasteiger partial charge on any atom is -0.480 e. The van der Waals surface area contributed by atoms with Crippen molar-refractivity contribution >= 4 is 11.9 Å². The summed E-state index contributed by atoms with van der Waals surface area (Å²) in [6, 6.07) is 3.32. The lowest BCUT2D eigenvalue weighted by Crippen LogP contribution is -2.38. The van der Waals surface area contributed by atoms with Crippen LogP contribution < -0.4 is 0 Å². The van der Waals surface area contributed by atoms with Crippen LogP contribution in [0.1, 0.15) is 31.2 Å². The number of halogens is 2. The minimum absolute atomic E-state index is 0.0289. The van der Waals surface area contributed by atoms with Crippen molar-refractivity contribution in [2.75, 3.05) is 6.54 Å². The Labute approximate surface area is 121 Å². The number of carbonyl (C=O) groups is 2. The SMILES string of the molecule is O=C(O)CN(Cc1ccc(F)c(F)c1)C(=O)C1CCCC1. The largest absolute Gasteiger partial charge is 0.480 e. The third-order valence-electron chi connectivity index (χ3n) is 3.70. The highest BCUT2D eigenvalue weighted by Gasteiger charge is 2.28. The molecule has 114 valence electrons. The van der Waals surface area contributed by atoms with E-state index in [1.807, 2.05) is 0 Å². The highest BCUT2D eigenvalue weighted by molar-refractivity contribution is 5.83. The molecule has 0 radical (unpaired) electrons. The van der Waals surface area contributed by atoms with Crippen LogP contribution >= 0.6 is 0 Å². The molecule has 1 aromatic rings. The van der Waals surface area contributed by atoms with E-state index in [-0.39, 0.29) is 18.4 Å². The summed E-state index contributed by atoms with van der Waals surface area (Å²) in [4.78, 5) is 24.4. The van der Waals surface area contributed by atoms with Gasteiger partial charge in [0.1, 0.15) is 6.54 Å². The first-order chi connectivity index (χ1) is 9.97. The van der Waals surface area contributed by atoms with Gasteiger partial charge in [0.05, 0.1) is 0 Å². The van der Waals surface area contributed by atoms with Crippen molar-refractivity contribution in [1.29, 1.82) is 0 Å². The average Bonchev–Trinajstić information content (AvgIpc) is 2.95. The van der Waals surface area contributed by atoms with Crippen LogP contribution in [-0.2, 0) is 16.1 Å². The fourth-order valence-corrected chi connectivity index (χ4v) is 2.66. The second kappa shape index (κ2) is 6.65. The van der Waals surface area contributed by atoms with Crippen LogP contribution in [0.3, 0.4) is 0 Å². The number of hydrogen-bond acceptors (Lipinski definition) is 2. The molecule has 0 spiro atoms. The van der Waals surface area contributed by atoms with Crippen LogP contribution in [0.5, 0.6) is 0 Å². The third kappa shape index (κ3) is 4.00. The van der Waals surface area contributed by atoms with Crippen molar-refractivity contribution in [3.63, 3.8) is 0 Å². The van der Waals surface area contributed by atoms with Gasteiger partial charge in [-0.05, 0) is 30.5 Å². The Morgan fingerprint density at radius 1 is 1.19 bits per heavy atom. The number of hydrogen-bond donors (Lipinski definition) is 1. The maximum Gasteiger partial charge on any atom is 0.323 e. The Bertz CT molecular complexity index is 542. The third-order valence-corrected chi connectivity index (χ3v) is 3.70. The lowest BCUT2D eigenvalue weighted by Gasteiger charge is -2.24. The summed E-state index contributed by atoms with van der Waals surface area (Å²) in [6.07, 6.45) is 3.43. The molecule has 1 fully saturated rings. The number of carboxylic acids is 1. The zero-order valence-corrected chi connectivity index (χ0v) is 11.5. The summed E-state index contributed by atoms with van der Waals surface area (Å²) in [5.41, 5.74) is 0.376. The molecular formula is C15H17F2NO3. The molecule has 0 saturated heterocycles. The maximum absolute atomic E-state index is 13.2. The monoisotopic (exact) mass is 297 g/mol. The Balaban J connectivity index is 2.13. The highest BCUT2D eigenvalue weighted by atomic mass is 19.2. The van der Waals surface area contributed by atoms with Crippen LogP contribution in [0.15, 0.2) is 18.2 Å². The topological polar surface area (TPSA) is 57.6 Å². The number of carboxylic acid groups (broad SMARTS) is 1. The van der Waals surface area contributed by atoms with Gasteiger partial charge in [0, 0.05) is 12.5 Å². The van der Waals surface area contributed by atoms with Gasteiger partial charge in [0.15, 0.2) is 11.6 Å². The minimum atomic E-state index is -1.12. The van der Waals surface area contributed by atoms with E-state index in [9.17, 15) is 18.4 Å². The second-order valence-electron chi connectivity index (χ2n) is 5.32. The summed E-state index contributed by atoms with van der Waals surface area (Å²) < 4.78 is 26.1. The van der Waals surface area contributed by atoms with Crippen LogP contribution in [0.25, 0.3) is 0 Å². The Kier molecular flexibility index (Phi) is 4.88. The van der Waals surface area contributed by atoms with E-state index in [0.717, 1.165) is 37.8 Å². The van der Waals surface area contributed by atoms with Crippen LogP contribution in [0.4, 0.5) is 8.78 Å². The molecule has 21 heavy (non-hydrogen) atoms. The van der Waals surface area contributed by atoms with E-state index in [1.165, 1.54) is 11.0 Å². The van der Waals surface area contributed by atoms with E-state index in [1.54, 1.807) is 0 Å². The molecule has 1 N–H and O–H groups in total. The number of rotatable bonds is 5. The fraction of sp³-hybridized carbons (Fsp3) is 0.467. The predicted molar refractivity (Wildman–Crippen MR) is 71.4 cm³/mol. The van der Waals surface area contributed by atoms with Crippen molar-refractivity contribution in [2.24, 2.45) is 5.92 Å². The molecular weight excluding hydrogens is 280 g/mol. The molecule has 1 aliphatic carbocycles. The van der Waals surface area contributed by atoms with Crippen LogP contribution in [-0.4, -0.2) is 28.4 Å². The van der Waals surface area contributed by atoms with Gasteiger partial charge in [-0.15, -0.1) is 0 Å². The quantitative estimate of drug-likeness (QED) is 0.908. The lowest BCUT2D eigenvalue weighted by atomic mass is 10.1. The van der Waals surface area contributed by atoms with Gasteiger partial charge >= 0.3 is 5.97 Å². The van der Waals surface area contributed by atoms with Gasteiger partial charge in [-0.25, -0.2) is 8.78 Å². The van der Waals surface area contributed by atoms with Gasteiger partial charge in [-0.2, -0.15) is 0 Å². The molecule has 0 atom stereocenters. The Hall–Kier alpha value is -1.98. The van der Waals surface area contributed by atoms with Gasteiger partial charge in [0.2, 0.25) is 5.91 Å². The molecule has 1 saturated carbocycles. The van der Waals surface area contributed by atoms with E-state index < -0.39 is 24.1 Å². The van der Waals surface area contributed by atoms with Crippen molar-refractivity contribution in [3.8, 4) is 0 Å². The molecule has 0 aromatic heterocycles. The summed E-state index contributed by atoms with van der Waals surface area (Å²) in [6.45, 7) is -0.465. The molecule has 0 aliphatic heterocycles. The molecule has 2 rings (SSSR count). The fourth-order valence-electron chi connectivity index (χ4n) is 2.66. The molecule has 4 nitrogen and oxygen atoms in total. The molecule has 1 amide bonds. The van der Waals surface area contributed by atoms with Gasteiger partial charge in [-0.1, -0.05) is 18.9 Å².